The Morgan fingerprint density at radius 3 is 2.78 bits per heavy atom. The van der Waals surface area contributed by atoms with Crippen LogP contribution in [0.5, 0.6) is 0 Å². The summed E-state index contributed by atoms with van der Waals surface area (Å²) in [5.41, 5.74) is 1.39. The second kappa shape index (κ2) is 5.12. The van der Waals surface area contributed by atoms with Crippen molar-refractivity contribution in [2.45, 2.75) is 6.42 Å². The van der Waals surface area contributed by atoms with Crippen molar-refractivity contribution in [1.29, 1.82) is 0 Å². The fourth-order valence-electron chi connectivity index (χ4n) is 1.72. The lowest BCUT2D eigenvalue weighted by molar-refractivity contribution is -0.136. The molecule has 1 aromatic heterocycles. The van der Waals surface area contributed by atoms with Crippen LogP contribution in [0, 0.1) is 0 Å². The van der Waals surface area contributed by atoms with Crippen LogP contribution in [0.3, 0.4) is 0 Å². The molecule has 0 fully saturated rings. The summed E-state index contributed by atoms with van der Waals surface area (Å²) >= 11 is 9.39. The van der Waals surface area contributed by atoms with Gasteiger partial charge in [0.2, 0.25) is 0 Å². The van der Waals surface area contributed by atoms with Crippen LogP contribution in [-0.2, 0) is 18.3 Å². The van der Waals surface area contributed by atoms with E-state index in [1.165, 1.54) is 0 Å². The van der Waals surface area contributed by atoms with Gasteiger partial charge in [-0.05, 0) is 28.1 Å². The number of aliphatic carboxylic acids is 1. The van der Waals surface area contributed by atoms with E-state index < -0.39 is 5.97 Å². The van der Waals surface area contributed by atoms with Gasteiger partial charge in [0.15, 0.2) is 0 Å². The maximum Gasteiger partial charge on any atom is 0.309 e. The van der Waals surface area contributed by atoms with Crippen LogP contribution >= 0.6 is 27.5 Å². The normalized spacial score (nSPS) is 10.6. The molecule has 0 aliphatic carbocycles. The lowest BCUT2D eigenvalue weighted by atomic mass is 10.2. The maximum atomic E-state index is 10.8. The third kappa shape index (κ3) is 2.42. The molecular weight excluding hydrogens is 320 g/mol. The molecule has 6 heteroatoms. The third-order valence-electron chi connectivity index (χ3n) is 2.60. The van der Waals surface area contributed by atoms with Crippen LogP contribution < -0.4 is 0 Å². The van der Waals surface area contributed by atoms with Crippen molar-refractivity contribution < 1.29 is 9.90 Å². The lowest BCUT2D eigenvalue weighted by Gasteiger charge is -2.06. The number of rotatable bonds is 3. The monoisotopic (exact) mass is 328 g/mol. The summed E-state index contributed by atoms with van der Waals surface area (Å²) in [6.07, 6.45) is -0.0888. The zero-order chi connectivity index (χ0) is 13.3. The Hall–Kier alpha value is -1.33. The Morgan fingerprint density at radius 1 is 1.50 bits per heavy atom. The molecule has 1 heterocycles. The highest BCUT2D eigenvalue weighted by molar-refractivity contribution is 9.10. The number of benzene rings is 1. The Labute approximate surface area is 117 Å². The van der Waals surface area contributed by atoms with Crippen molar-refractivity contribution in [3.63, 3.8) is 0 Å². The Bertz CT molecular complexity index is 610. The molecule has 0 atom stereocenters. The van der Waals surface area contributed by atoms with E-state index in [2.05, 4.69) is 20.9 Å². The van der Waals surface area contributed by atoms with Crippen LogP contribution in [0.1, 0.15) is 5.69 Å². The molecule has 1 N–H and O–H groups in total. The average Bonchev–Trinajstić information content (AvgIpc) is 2.57. The van der Waals surface area contributed by atoms with Gasteiger partial charge in [-0.1, -0.05) is 23.7 Å². The minimum atomic E-state index is -0.899. The minimum absolute atomic E-state index is 0.0888. The zero-order valence-electron chi connectivity index (χ0n) is 9.52. The molecule has 0 spiro atoms. The van der Waals surface area contributed by atoms with Gasteiger partial charge < -0.3 is 9.67 Å². The van der Waals surface area contributed by atoms with Gasteiger partial charge in [0.25, 0.3) is 0 Å². The number of hydrogen-bond acceptors (Lipinski definition) is 2. The summed E-state index contributed by atoms with van der Waals surface area (Å²) in [4.78, 5) is 15.1. The highest BCUT2D eigenvalue weighted by Gasteiger charge is 2.17. The first-order valence-corrected chi connectivity index (χ1v) is 6.35. The molecule has 0 radical (unpaired) electrons. The smallest absolute Gasteiger partial charge is 0.309 e. The van der Waals surface area contributed by atoms with Crippen molar-refractivity contribution in [3.05, 3.63) is 39.6 Å². The first-order chi connectivity index (χ1) is 8.50. The number of halogens is 2. The Balaban J connectivity index is 2.54. The topological polar surface area (TPSA) is 55.1 Å². The van der Waals surface area contributed by atoms with E-state index in [9.17, 15) is 4.79 Å². The van der Waals surface area contributed by atoms with Crippen molar-refractivity contribution in [1.82, 2.24) is 9.55 Å². The molecule has 2 rings (SSSR count). The average molecular weight is 330 g/mol. The van der Waals surface area contributed by atoms with Gasteiger partial charge in [0.1, 0.15) is 10.4 Å². The van der Waals surface area contributed by atoms with E-state index in [0.717, 1.165) is 5.56 Å². The summed E-state index contributed by atoms with van der Waals surface area (Å²) in [7, 11) is 1.77. The van der Waals surface area contributed by atoms with Crippen molar-refractivity contribution in [3.8, 4) is 11.4 Å². The lowest BCUT2D eigenvalue weighted by Crippen LogP contribution is -2.06. The van der Waals surface area contributed by atoms with Gasteiger partial charge in [-0.3, -0.25) is 4.79 Å². The van der Waals surface area contributed by atoms with E-state index in [-0.39, 0.29) is 6.42 Å². The van der Waals surface area contributed by atoms with E-state index in [0.29, 0.717) is 21.1 Å². The molecule has 0 saturated carbocycles. The molecule has 0 unspecified atom stereocenters. The molecule has 0 bridgehead atoms. The third-order valence-corrected chi connectivity index (χ3v) is 3.56. The molecule has 1 aromatic carbocycles. The van der Waals surface area contributed by atoms with Gasteiger partial charge in [0.05, 0.1) is 17.1 Å². The molecule has 0 aliphatic heterocycles. The Morgan fingerprint density at radius 2 is 2.17 bits per heavy atom. The van der Waals surface area contributed by atoms with E-state index in [1.807, 2.05) is 18.2 Å². The van der Waals surface area contributed by atoms with Crippen molar-refractivity contribution in [2.24, 2.45) is 7.05 Å². The molecule has 2 aromatic rings. The van der Waals surface area contributed by atoms with Gasteiger partial charge >= 0.3 is 5.97 Å². The highest BCUT2D eigenvalue weighted by atomic mass is 79.9. The van der Waals surface area contributed by atoms with E-state index in [4.69, 9.17) is 16.7 Å². The number of carboxylic acids is 1. The van der Waals surface area contributed by atoms with Crippen molar-refractivity contribution >= 4 is 33.5 Å². The van der Waals surface area contributed by atoms with Crippen LogP contribution in [0.4, 0.5) is 0 Å². The first kappa shape index (κ1) is 13.1. The summed E-state index contributed by atoms with van der Waals surface area (Å²) in [5, 5.41) is 9.45. The Kier molecular flexibility index (Phi) is 3.73. The summed E-state index contributed by atoms with van der Waals surface area (Å²) in [6.45, 7) is 0. The molecule has 0 aliphatic rings. The standard InChI is InChI=1S/C12H10BrClN2O2/c1-16-9(6-10(17)18)11(13)15-12(16)7-4-2-3-5-8(7)14/h2-5H,6H2,1H3,(H,17,18). The summed E-state index contributed by atoms with van der Waals surface area (Å²) in [5.74, 6) is -0.256. The summed E-state index contributed by atoms with van der Waals surface area (Å²) < 4.78 is 2.27. The van der Waals surface area contributed by atoms with Gasteiger partial charge in [-0.25, -0.2) is 4.98 Å². The van der Waals surface area contributed by atoms with Crippen LogP contribution in [0.2, 0.25) is 5.02 Å². The molecule has 0 amide bonds. The fraction of sp³-hybridized carbons (Fsp3) is 0.167. The van der Waals surface area contributed by atoms with E-state index in [1.54, 1.807) is 17.7 Å². The zero-order valence-corrected chi connectivity index (χ0v) is 11.9. The van der Waals surface area contributed by atoms with Crippen LogP contribution in [0.25, 0.3) is 11.4 Å². The second-order valence-electron chi connectivity index (χ2n) is 3.78. The number of aromatic nitrogens is 2. The van der Waals surface area contributed by atoms with Crippen molar-refractivity contribution in [2.75, 3.05) is 0 Å². The molecule has 0 saturated heterocycles. The largest absolute Gasteiger partial charge is 0.481 e. The van der Waals surface area contributed by atoms with Crippen LogP contribution in [0.15, 0.2) is 28.9 Å². The second-order valence-corrected chi connectivity index (χ2v) is 4.94. The quantitative estimate of drug-likeness (QED) is 0.941. The molecule has 18 heavy (non-hydrogen) atoms. The predicted molar refractivity (Wildman–Crippen MR) is 72.7 cm³/mol. The molecule has 94 valence electrons. The predicted octanol–water partition coefficient (Wildman–Crippen LogP) is 3.13. The summed E-state index contributed by atoms with van der Waals surface area (Å²) in [6, 6.07) is 7.32. The van der Waals surface area contributed by atoms with Gasteiger partial charge in [-0.2, -0.15) is 0 Å². The maximum absolute atomic E-state index is 10.8. The SMILES string of the molecule is Cn1c(-c2ccccc2Cl)nc(Br)c1CC(=O)O. The first-order valence-electron chi connectivity index (χ1n) is 5.18. The number of carboxylic acid groups (broad SMARTS) is 1. The highest BCUT2D eigenvalue weighted by Crippen LogP contribution is 2.30. The number of carbonyl (C=O) groups is 1. The van der Waals surface area contributed by atoms with Gasteiger partial charge in [-0.15, -0.1) is 0 Å². The molecule has 4 nitrogen and oxygen atoms in total. The van der Waals surface area contributed by atoms with E-state index >= 15 is 0 Å². The number of nitrogens with zero attached hydrogens (tertiary/aromatic N) is 2. The number of hydrogen-bond donors (Lipinski definition) is 1. The van der Waals surface area contributed by atoms with Gasteiger partial charge in [0, 0.05) is 12.6 Å². The minimum Gasteiger partial charge on any atom is -0.481 e. The van der Waals surface area contributed by atoms with Crippen LogP contribution in [-0.4, -0.2) is 20.6 Å². The molecular formula is C12H10BrClN2O2. The number of imidazole rings is 1. The fourth-order valence-corrected chi connectivity index (χ4v) is 2.51.